The van der Waals surface area contributed by atoms with E-state index in [9.17, 15) is 0 Å². The van der Waals surface area contributed by atoms with Gasteiger partial charge in [0.2, 0.25) is 5.89 Å². The number of aliphatic hydroxyl groups excluding tert-OH is 1. The third kappa shape index (κ3) is 2.40. The minimum Gasteiger partial charge on any atom is -0.439 e. The van der Waals surface area contributed by atoms with E-state index in [4.69, 9.17) is 9.52 Å². The van der Waals surface area contributed by atoms with Crippen LogP contribution in [0.1, 0.15) is 18.7 Å². The summed E-state index contributed by atoms with van der Waals surface area (Å²) in [5, 5.41) is 8.95. The summed E-state index contributed by atoms with van der Waals surface area (Å²) in [5.41, 5.74) is 1.79. The molecule has 96 valence electrons. The van der Waals surface area contributed by atoms with Gasteiger partial charge in [0, 0.05) is 13.2 Å². The van der Waals surface area contributed by atoms with Crippen LogP contribution in [0.3, 0.4) is 0 Å². The molecule has 0 bridgehead atoms. The van der Waals surface area contributed by atoms with Crippen molar-refractivity contribution in [3.8, 4) is 0 Å². The summed E-state index contributed by atoms with van der Waals surface area (Å²) in [6.45, 7) is 3.18. The van der Waals surface area contributed by atoms with Crippen molar-refractivity contribution in [1.29, 1.82) is 0 Å². The Balaban J connectivity index is 1.66. The van der Waals surface area contributed by atoms with Crippen LogP contribution in [0.5, 0.6) is 0 Å². The summed E-state index contributed by atoms with van der Waals surface area (Å²) in [6, 6.07) is 7.86. The first-order valence-electron chi connectivity index (χ1n) is 6.53. The number of aliphatic hydroxyl groups is 1. The van der Waals surface area contributed by atoms with Crippen LogP contribution < -0.4 is 0 Å². The van der Waals surface area contributed by atoms with Gasteiger partial charge in [-0.2, -0.15) is 0 Å². The highest BCUT2D eigenvalue weighted by Gasteiger charge is 2.23. The Morgan fingerprint density at radius 2 is 2.28 bits per heavy atom. The smallest absolute Gasteiger partial charge is 0.209 e. The normalized spacial score (nSPS) is 20.8. The molecule has 0 radical (unpaired) electrons. The molecule has 2 aromatic rings. The molecule has 3 rings (SSSR count). The number of oxazole rings is 1. The Bertz CT molecular complexity index is 490. The van der Waals surface area contributed by atoms with Crippen LogP contribution in [0.2, 0.25) is 0 Å². The van der Waals surface area contributed by atoms with Gasteiger partial charge in [-0.1, -0.05) is 12.1 Å². The van der Waals surface area contributed by atoms with E-state index in [-0.39, 0.29) is 0 Å². The number of nitrogens with zero attached hydrogens (tertiary/aromatic N) is 2. The second-order valence-electron chi connectivity index (χ2n) is 4.98. The zero-order valence-electron chi connectivity index (χ0n) is 10.4. The van der Waals surface area contributed by atoms with Gasteiger partial charge in [-0.05, 0) is 37.4 Å². The third-order valence-corrected chi connectivity index (χ3v) is 3.60. The SMILES string of the molecule is OCCC1CCN(Cc2nc3ccccc3o2)C1. The minimum absolute atomic E-state index is 0.293. The number of hydrogen-bond donors (Lipinski definition) is 1. The molecule has 4 heteroatoms. The van der Waals surface area contributed by atoms with Gasteiger partial charge in [-0.15, -0.1) is 0 Å². The van der Waals surface area contributed by atoms with Crippen LogP contribution in [0, 0.1) is 5.92 Å². The summed E-state index contributed by atoms with van der Waals surface area (Å²) in [6.07, 6.45) is 2.07. The molecule has 0 aliphatic carbocycles. The van der Waals surface area contributed by atoms with Crippen molar-refractivity contribution in [2.75, 3.05) is 19.7 Å². The van der Waals surface area contributed by atoms with E-state index in [1.807, 2.05) is 24.3 Å². The van der Waals surface area contributed by atoms with Gasteiger partial charge < -0.3 is 9.52 Å². The molecule has 1 atom stereocenters. The molecule has 1 N–H and O–H groups in total. The number of benzene rings is 1. The van der Waals surface area contributed by atoms with Crippen LogP contribution in [0.4, 0.5) is 0 Å². The Morgan fingerprint density at radius 3 is 3.11 bits per heavy atom. The van der Waals surface area contributed by atoms with Gasteiger partial charge in [0.1, 0.15) is 5.52 Å². The fourth-order valence-electron chi connectivity index (χ4n) is 2.65. The molecule has 18 heavy (non-hydrogen) atoms. The average Bonchev–Trinajstić information content (AvgIpc) is 2.96. The molecule has 1 saturated heterocycles. The van der Waals surface area contributed by atoms with E-state index in [0.29, 0.717) is 12.5 Å². The Morgan fingerprint density at radius 1 is 1.39 bits per heavy atom. The molecule has 4 nitrogen and oxygen atoms in total. The number of fused-ring (bicyclic) bond motifs is 1. The lowest BCUT2D eigenvalue weighted by atomic mass is 10.1. The van der Waals surface area contributed by atoms with Crippen molar-refractivity contribution in [1.82, 2.24) is 9.88 Å². The van der Waals surface area contributed by atoms with Gasteiger partial charge in [0.05, 0.1) is 6.54 Å². The first-order valence-corrected chi connectivity index (χ1v) is 6.53. The second-order valence-corrected chi connectivity index (χ2v) is 4.98. The predicted molar refractivity (Wildman–Crippen MR) is 69.1 cm³/mol. The van der Waals surface area contributed by atoms with Crippen molar-refractivity contribution in [3.63, 3.8) is 0 Å². The summed E-state index contributed by atoms with van der Waals surface area (Å²) in [5.74, 6) is 1.42. The molecular weight excluding hydrogens is 228 g/mol. The predicted octanol–water partition coefficient (Wildman–Crippen LogP) is 2.03. The highest BCUT2D eigenvalue weighted by molar-refractivity contribution is 5.72. The maximum Gasteiger partial charge on any atom is 0.209 e. The minimum atomic E-state index is 0.293. The maximum absolute atomic E-state index is 8.95. The van der Waals surface area contributed by atoms with E-state index in [2.05, 4.69) is 9.88 Å². The van der Waals surface area contributed by atoms with E-state index < -0.39 is 0 Å². The first-order chi connectivity index (χ1) is 8.85. The van der Waals surface area contributed by atoms with Crippen molar-refractivity contribution in [2.24, 2.45) is 5.92 Å². The molecule has 1 unspecified atom stereocenters. The van der Waals surface area contributed by atoms with Crippen molar-refractivity contribution >= 4 is 11.1 Å². The summed E-state index contributed by atoms with van der Waals surface area (Å²) in [7, 11) is 0. The van der Waals surface area contributed by atoms with Crippen molar-refractivity contribution in [3.05, 3.63) is 30.2 Å². The van der Waals surface area contributed by atoms with Gasteiger partial charge in [0.25, 0.3) is 0 Å². The number of rotatable bonds is 4. The quantitative estimate of drug-likeness (QED) is 0.896. The van der Waals surface area contributed by atoms with Crippen molar-refractivity contribution < 1.29 is 9.52 Å². The fourth-order valence-corrected chi connectivity index (χ4v) is 2.65. The molecule has 0 amide bonds. The Labute approximate surface area is 106 Å². The molecule has 2 heterocycles. The zero-order chi connectivity index (χ0) is 12.4. The maximum atomic E-state index is 8.95. The van der Waals surface area contributed by atoms with Gasteiger partial charge in [-0.25, -0.2) is 4.98 Å². The summed E-state index contributed by atoms with van der Waals surface area (Å²) >= 11 is 0. The van der Waals surface area contributed by atoms with Crippen molar-refractivity contribution in [2.45, 2.75) is 19.4 Å². The number of para-hydroxylation sites is 2. The van der Waals surface area contributed by atoms with E-state index in [0.717, 1.165) is 43.0 Å². The topological polar surface area (TPSA) is 49.5 Å². The number of hydrogen-bond acceptors (Lipinski definition) is 4. The fraction of sp³-hybridized carbons (Fsp3) is 0.500. The number of aromatic nitrogens is 1. The highest BCUT2D eigenvalue weighted by Crippen LogP contribution is 2.22. The Kier molecular flexibility index (Phi) is 3.30. The monoisotopic (exact) mass is 246 g/mol. The number of likely N-dealkylation sites (tertiary alicyclic amines) is 1. The largest absolute Gasteiger partial charge is 0.439 e. The molecule has 0 saturated carbocycles. The van der Waals surface area contributed by atoms with Gasteiger partial charge >= 0.3 is 0 Å². The lowest BCUT2D eigenvalue weighted by molar-refractivity contribution is 0.243. The second kappa shape index (κ2) is 5.08. The van der Waals surface area contributed by atoms with Crippen LogP contribution in [0.15, 0.2) is 28.7 Å². The van der Waals surface area contributed by atoms with Crippen LogP contribution >= 0.6 is 0 Å². The van der Waals surface area contributed by atoms with E-state index in [1.54, 1.807) is 0 Å². The molecule has 0 spiro atoms. The Hall–Kier alpha value is -1.39. The molecule has 1 aromatic carbocycles. The highest BCUT2D eigenvalue weighted by atomic mass is 16.3. The van der Waals surface area contributed by atoms with E-state index >= 15 is 0 Å². The average molecular weight is 246 g/mol. The molecule has 1 aromatic heterocycles. The molecular formula is C14H18N2O2. The standard InChI is InChI=1S/C14H18N2O2/c17-8-6-11-5-7-16(9-11)10-14-15-12-3-1-2-4-13(12)18-14/h1-4,11,17H,5-10H2. The molecule has 1 aliphatic rings. The van der Waals surface area contributed by atoms with Gasteiger partial charge in [-0.3, -0.25) is 4.90 Å². The first kappa shape index (κ1) is 11.7. The summed E-state index contributed by atoms with van der Waals surface area (Å²) in [4.78, 5) is 6.84. The molecule has 1 fully saturated rings. The van der Waals surface area contributed by atoms with Crippen LogP contribution in [-0.2, 0) is 6.54 Å². The molecule has 1 aliphatic heterocycles. The van der Waals surface area contributed by atoms with Crippen LogP contribution in [0.25, 0.3) is 11.1 Å². The zero-order valence-corrected chi connectivity index (χ0v) is 10.4. The van der Waals surface area contributed by atoms with Crippen LogP contribution in [-0.4, -0.2) is 34.7 Å². The summed E-state index contributed by atoms with van der Waals surface area (Å²) < 4.78 is 5.72. The third-order valence-electron chi connectivity index (χ3n) is 3.60. The lowest BCUT2D eigenvalue weighted by Crippen LogP contribution is -2.20. The van der Waals surface area contributed by atoms with E-state index in [1.165, 1.54) is 6.42 Å². The lowest BCUT2D eigenvalue weighted by Gasteiger charge is -2.12. The van der Waals surface area contributed by atoms with Gasteiger partial charge in [0.15, 0.2) is 5.58 Å².